The zero-order valence-corrected chi connectivity index (χ0v) is 19.3. The van der Waals surface area contributed by atoms with Crippen LogP contribution in [-0.2, 0) is 11.3 Å². The van der Waals surface area contributed by atoms with Crippen LogP contribution in [0.15, 0.2) is 23.2 Å². The van der Waals surface area contributed by atoms with Crippen molar-refractivity contribution in [1.29, 1.82) is 0 Å². The van der Waals surface area contributed by atoms with Crippen LogP contribution in [0.2, 0.25) is 0 Å². The standard InChI is InChI=1S/C24H42N4O2/c1-4-29-17-18-30-23-19-21(2)11-12-22(23)20-27-24(25-3)26-13-7-5-8-14-28-15-9-6-10-16-28/h11-12,19H,4-10,13-18,20H2,1-3H3,(H2,25,26,27). The lowest BCUT2D eigenvalue weighted by Gasteiger charge is -2.26. The summed E-state index contributed by atoms with van der Waals surface area (Å²) in [7, 11) is 1.82. The molecule has 1 fully saturated rings. The average Bonchev–Trinajstić information content (AvgIpc) is 2.77. The Morgan fingerprint density at radius 1 is 1.07 bits per heavy atom. The molecule has 0 amide bonds. The maximum absolute atomic E-state index is 5.93. The van der Waals surface area contributed by atoms with E-state index in [1.54, 1.807) is 0 Å². The molecule has 0 bridgehead atoms. The molecule has 1 aromatic carbocycles. The smallest absolute Gasteiger partial charge is 0.191 e. The van der Waals surface area contributed by atoms with Gasteiger partial charge in [0.05, 0.1) is 6.61 Å². The molecule has 0 aromatic heterocycles. The van der Waals surface area contributed by atoms with Gasteiger partial charge in [-0.25, -0.2) is 0 Å². The first-order valence-electron chi connectivity index (χ1n) is 11.7. The Balaban J connectivity index is 1.65. The van der Waals surface area contributed by atoms with E-state index in [0.29, 0.717) is 26.4 Å². The van der Waals surface area contributed by atoms with Gasteiger partial charge in [0.25, 0.3) is 0 Å². The van der Waals surface area contributed by atoms with E-state index in [1.807, 2.05) is 14.0 Å². The lowest BCUT2D eigenvalue weighted by molar-refractivity contribution is 0.110. The summed E-state index contributed by atoms with van der Waals surface area (Å²) in [5.74, 6) is 1.75. The molecule has 0 radical (unpaired) electrons. The molecular weight excluding hydrogens is 376 g/mol. The summed E-state index contributed by atoms with van der Waals surface area (Å²) in [5, 5.41) is 6.84. The van der Waals surface area contributed by atoms with Gasteiger partial charge in [-0.3, -0.25) is 4.99 Å². The van der Waals surface area contributed by atoms with Crippen LogP contribution in [0.5, 0.6) is 5.75 Å². The zero-order valence-electron chi connectivity index (χ0n) is 19.3. The third-order valence-corrected chi connectivity index (χ3v) is 5.47. The second-order valence-electron chi connectivity index (χ2n) is 7.97. The molecule has 2 rings (SSSR count). The SMILES string of the molecule is CCOCCOc1cc(C)ccc1CNC(=NC)NCCCCCN1CCCCC1. The molecule has 0 spiro atoms. The molecule has 2 N–H and O–H groups in total. The minimum Gasteiger partial charge on any atom is -0.491 e. The Morgan fingerprint density at radius 2 is 1.90 bits per heavy atom. The number of nitrogens with one attached hydrogen (secondary N) is 2. The fraction of sp³-hybridized carbons (Fsp3) is 0.708. The first-order valence-corrected chi connectivity index (χ1v) is 11.7. The largest absolute Gasteiger partial charge is 0.491 e. The van der Waals surface area contributed by atoms with Gasteiger partial charge in [-0.05, 0) is 70.8 Å². The number of ether oxygens (including phenoxy) is 2. The highest BCUT2D eigenvalue weighted by molar-refractivity contribution is 5.79. The normalized spacial score (nSPS) is 15.2. The number of guanidine groups is 1. The van der Waals surface area contributed by atoms with Crippen LogP contribution in [0.4, 0.5) is 0 Å². The number of hydrogen-bond donors (Lipinski definition) is 2. The highest BCUT2D eigenvalue weighted by Crippen LogP contribution is 2.20. The van der Waals surface area contributed by atoms with E-state index in [-0.39, 0.29) is 0 Å². The van der Waals surface area contributed by atoms with Crippen LogP contribution >= 0.6 is 0 Å². The molecular formula is C24H42N4O2. The Hall–Kier alpha value is -1.79. The number of unbranched alkanes of at least 4 members (excludes halogenated alkanes) is 2. The molecule has 0 unspecified atom stereocenters. The summed E-state index contributed by atoms with van der Waals surface area (Å²) in [5.41, 5.74) is 2.32. The van der Waals surface area contributed by atoms with Crippen LogP contribution in [0.25, 0.3) is 0 Å². The predicted molar refractivity (Wildman–Crippen MR) is 126 cm³/mol. The summed E-state index contributed by atoms with van der Waals surface area (Å²) in [6.45, 7) is 11.4. The van der Waals surface area contributed by atoms with Crippen molar-refractivity contribution in [3.8, 4) is 5.75 Å². The fourth-order valence-electron chi connectivity index (χ4n) is 3.72. The Kier molecular flexibility index (Phi) is 12.3. The van der Waals surface area contributed by atoms with Crippen molar-refractivity contribution >= 4 is 5.96 Å². The first kappa shape index (κ1) is 24.5. The molecule has 1 saturated heterocycles. The van der Waals surface area contributed by atoms with Crippen LogP contribution in [-0.4, -0.2) is 63.9 Å². The van der Waals surface area contributed by atoms with Crippen molar-refractivity contribution < 1.29 is 9.47 Å². The van der Waals surface area contributed by atoms with Crippen molar-refractivity contribution in [2.45, 2.75) is 58.9 Å². The molecule has 1 aromatic rings. The third-order valence-electron chi connectivity index (χ3n) is 5.47. The molecule has 1 aliphatic rings. The predicted octanol–water partition coefficient (Wildman–Crippen LogP) is 3.73. The van der Waals surface area contributed by atoms with Gasteiger partial charge in [0.1, 0.15) is 12.4 Å². The minimum atomic E-state index is 0.564. The molecule has 1 aliphatic heterocycles. The molecule has 0 aliphatic carbocycles. The van der Waals surface area contributed by atoms with E-state index in [0.717, 1.165) is 23.8 Å². The van der Waals surface area contributed by atoms with Gasteiger partial charge in [0.2, 0.25) is 0 Å². The van der Waals surface area contributed by atoms with Crippen molar-refractivity contribution in [2.75, 3.05) is 53.0 Å². The lowest BCUT2D eigenvalue weighted by Crippen LogP contribution is -2.37. The van der Waals surface area contributed by atoms with Crippen molar-refractivity contribution in [2.24, 2.45) is 4.99 Å². The van der Waals surface area contributed by atoms with Crippen LogP contribution in [0.1, 0.15) is 56.6 Å². The number of benzene rings is 1. The topological polar surface area (TPSA) is 58.1 Å². The van der Waals surface area contributed by atoms with E-state index < -0.39 is 0 Å². The van der Waals surface area contributed by atoms with E-state index in [9.17, 15) is 0 Å². The first-order chi connectivity index (χ1) is 14.7. The van der Waals surface area contributed by atoms with E-state index in [2.05, 4.69) is 45.6 Å². The Bertz CT molecular complexity index is 615. The van der Waals surface area contributed by atoms with Crippen molar-refractivity contribution in [1.82, 2.24) is 15.5 Å². The molecule has 0 saturated carbocycles. The fourth-order valence-corrected chi connectivity index (χ4v) is 3.72. The highest BCUT2D eigenvalue weighted by atomic mass is 16.5. The summed E-state index contributed by atoms with van der Waals surface area (Å²) in [4.78, 5) is 6.97. The van der Waals surface area contributed by atoms with Gasteiger partial charge in [-0.1, -0.05) is 25.0 Å². The van der Waals surface area contributed by atoms with Crippen LogP contribution < -0.4 is 15.4 Å². The molecule has 30 heavy (non-hydrogen) atoms. The quantitative estimate of drug-likeness (QED) is 0.290. The van der Waals surface area contributed by atoms with Gasteiger partial charge in [0.15, 0.2) is 5.96 Å². The summed E-state index contributed by atoms with van der Waals surface area (Å²) < 4.78 is 11.3. The third kappa shape index (κ3) is 9.81. The van der Waals surface area contributed by atoms with E-state index in [1.165, 1.54) is 63.7 Å². The molecule has 6 nitrogen and oxygen atoms in total. The number of rotatable bonds is 13. The van der Waals surface area contributed by atoms with E-state index >= 15 is 0 Å². The number of aryl methyl sites for hydroxylation is 1. The molecule has 1 heterocycles. The average molecular weight is 419 g/mol. The number of nitrogens with zero attached hydrogens (tertiary/aromatic N) is 2. The monoisotopic (exact) mass is 418 g/mol. The van der Waals surface area contributed by atoms with Gasteiger partial charge in [0, 0.05) is 32.3 Å². The second kappa shape index (κ2) is 15.1. The Labute approximate surface area is 183 Å². The van der Waals surface area contributed by atoms with Gasteiger partial charge in [-0.15, -0.1) is 0 Å². The van der Waals surface area contributed by atoms with E-state index in [4.69, 9.17) is 9.47 Å². The number of likely N-dealkylation sites (tertiary alicyclic amines) is 1. The molecule has 170 valence electrons. The minimum absolute atomic E-state index is 0.564. The second-order valence-corrected chi connectivity index (χ2v) is 7.97. The number of piperidine rings is 1. The molecule has 6 heteroatoms. The molecule has 0 atom stereocenters. The number of aliphatic imine (C=N–C) groups is 1. The lowest BCUT2D eigenvalue weighted by atomic mass is 10.1. The van der Waals surface area contributed by atoms with Crippen molar-refractivity contribution in [3.63, 3.8) is 0 Å². The maximum atomic E-state index is 5.93. The Morgan fingerprint density at radius 3 is 2.67 bits per heavy atom. The van der Waals surface area contributed by atoms with Crippen LogP contribution in [0, 0.1) is 6.92 Å². The van der Waals surface area contributed by atoms with Gasteiger partial charge < -0.3 is 25.0 Å². The van der Waals surface area contributed by atoms with Crippen LogP contribution in [0.3, 0.4) is 0 Å². The highest BCUT2D eigenvalue weighted by Gasteiger charge is 2.09. The van der Waals surface area contributed by atoms with Gasteiger partial charge >= 0.3 is 0 Å². The summed E-state index contributed by atoms with van der Waals surface area (Å²) in [6, 6.07) is 6.32. The summed E-state index contributed by atoms with van der Waals surface area (Å²) in [6.07, 6.45) is 7.89. The summed E-state index contributed by atoms with van der Waals surface area (Å²) >= 11 is 0. The maximum Gasteiger partial charge on any atom is 0.191 e. The zero-order chi connectivity index (χ0) is 21.4. The number of hydrogen-bond acceptors (Lipinski definition) is 4. The van der Waals surface area contributed by atoms with Gasteiger partial charge in [-0.2, -0.15) is 0 Å². The van der Waals surface area contributed by atoms with Crippen molar-refractivity contribution in [3.05, 3.63) is 29.3 Å².